The molecule has 172 valence electrons. The zero-order chi connectivity index (χ0) is 23.4. The Bertz CT molecular complexity index is 1180. The lowest BCUT2D eigenvalue weighted by Crippen LogP contribution is -2.37. The third-order valence-electron chi connectivity index (χ3n) is 5.05. The molecule has 33 heavy (non-hydrogen) atoms. The van der Waals surface area contributed by atoms with Crippen molar-refractivity contribution in [1.82, 2.24) is 15.0 Å². The van der Waals surface area contributed by atoms with Crippen LogP contribution in [0.4, 0.5) is 23.5 Å². The largest absolute Gasteiger partial charge is 0.506 e. The van der Waals surface area contributed by atoms with Crippen molar-refractivity contribution in [2.24, 2.45) is 10.2 Å². The Kier molecular flexibility index (Phi) is 7.51. The van der Waals surface area contributed by atoms with Crippen LogP contribution in [0.2, 0.25) is 0 Å². The maximum absolute atomic E-state index is 10.3. The lowest BCUT2D eigenvalue weighted by atomic mass is 10.1. The van der Waals surface area contributed by atoms with Crippen LogP contribution in [0, 0.1) is 13.8 Å². The van der Waals surface area contributed by atoms with Gasteiger partial charge in [0.25, 0.3) is 5.95 Å². The van der Waals surface area contributed by atoms with Gasteiger partial charge in [-0.15, -0.1) is 5.11 Å². The molecule has 0 spiro atoms. The first kappa shape index (κ1) is 23.5. The van der Waals surface area contributed by atoms with Gasteiger partial charge < -0.3 is 20.1 Å². The summed E-state index contributed by atoms with van der Waals surface area (Å²) in [5.41, 5.74) is 3.75. The van der Waals surface area contributed by atoms with E-state index >= 15 is 0 Å². The minimum Gasteiger partial charge on any atom is -0.506 e. The molecule has 0 unspecified atom stereocenters. The number of aromatic nitrogens is 3. The highest BCUT2D eigenvalue weighted by molar-refractivity contribution is 9.11. The number of rotatable bonds is 6. The van der Waals surface area contributed by atoms with E-state index in [1.54, 1.807) is 12.1 Å². The Morgan fingerprint density at radius 3 is 2.67 bits per heavy atom. The molecule has 2 heterocycles. The number of phenols is 1. The maximum atomic E-state index is 10.3. The fourth-order valence-electron chi connectivity index (χ4n) is 3.26. The Morgan fingerprint density at radius 1 is 1.09 bits per heavy atom. The van der Waals surface area contributed by atoms with Crippen LogP contribution < -0.4 is 10.2 Å². The van der Waals surface area contributed by atoms with Crippen molar-refractivity contribution in [3.05, 3.63) is 56.0 Å². The molecule has 0 radical (unpaired) electrons. The van der Waals surface area contributed by atoms with Crippen LogP contribution in [0.5, 0.6) is 5.75 Å². The molecule has 1 fully saturated rings. The van der Waals surface area contributed by atoms with Crippen molar-refractivity contribution in [1.29, 1.82) is 0 Å². The van der Waals surface area contributed by atoms with Gasteiger partial charge in [0, 0.05) is 28.8 Å². The van der Waals surface area contributed by atoms with Crippen molar-refractivity contribution in [2.45, 2.75) is 20.4 Å². The predicted molar refractivity (Wildman–Crippen MR) is 134 cm³/mol. The summed E-state index contributed by atoms with van der Waals surface area (Å²) in [6.45, 7) is 6.81. The van der Waals surface area contributed by atoms with E-state index in [9.17, 15) is 5.11 Å². The van der Waals surface area contributed by atoms with Crippen molar-refractivity contribution >= 4 is 55.4 Å². The van der Waals surface area contributed by atoms with Crippen molar-refractivity contribution in [3.63, 3.8) is 0 Å². The second-order valence-corrected chi connectivity index (χ2v) is 9.37. The first-order valence-electron chi connectivity index (χ1n) is 10.4. The van der Waals surface area contributed by atoms with Gasteiger partial charge >= 0.3 is 0 Å². The first-order valence-corrected chi connectivity index (χ1v) is 11.9. The van der Waals surface area contributed by atoms with E-state index in [4.69, 9.17) is 4.74 Å². The summed E-state index contributed by atoms with van der Waals surface area (Å²) in [5, 5.41) is 22.0. The Balaban J connectivity index is 1.62. The number of hydrogen-bond donors (Lipinski definition) is 2. The molecule has 9 nitrogen and oxygen atoms in total. The van der Waals surface area contributed by atoms with Crippen LogP contribution in [0.3, 0.4) is 0 Å². The minimum atomic E-state index is 0.124. The molecular weight excluding hydrogens is 554 g/mol. The van der Waals surface area contributed by atoms with Crippen molar-refractivity contribution in [3.8, 4) is 5.75 Å². The van der Waals surface area contributed by atoms with E-state index in [2.05, 4.69) is 68.4 Å². The van der Waals surface area contributed by atoms with Crippen LogP contribution in [0.25, 0.3) is 0 Å². The Labute approximate surface area is 208 Å². The molecule has 0 bridgehead atoms. The zero-order valence-corrected chi connectivity index (χ0v) is 21.4. The molecule has 1 aliphatic rings. The molecule has 1 aromatic heterocycles. The molecular formula is C22H23Br2N7O2. The SMILES string of the molecule is Cc1ccc(C)c(Nc2nc(N=NCc3cc(Br)cc(Br)c3O)nc(N3CCOCC3)n2)c1. The van der Waals surface area contributed by atoms with Crippen molar-refractivity contribution in [2.75, 3.05) is 36.5 Å². The zero-order valence-electron chi connectivity index (χ0n) is 18.2. The quantitative estimate of drug-likeness (QED) is 0.368. The Morgan fingerprint density at radius 2 is 1.88 bits per heavy atom. The fourth-order valence-corrected chi connectivity index (χ4v) is 4.58. The molecule has 4 rings (SSSR count). The molecule has 11 heteroatoms. The normalized spacial score (nSPS) is 14.1. The number of hydrogen-bond acceptors (Lipinski definition) is 9. The second kappa shape index (κ2) is 10.5. The van der Waals surface area contributed by atoms with Gasteiger partial charge in [-0.05, 0) is 59.1 Å². The van der Waals surface area contributed by atoms with E-state index in [1.165, 1.54) is 0 Å². The van der Waals surface area contributed by atoms with Gasteiger partial charge in [-0.3, -0.25) is 0 Å². The summed E-state index contributed by atoms with van der Waals surface area (Å²) in [4.78, 5) is 15.6. The summed E-state index contributed by atoms with van der Waals surface area (Å²) in [7, 11) is 0. The molecule has 2 N–H and O–H groups in total. The maximum Gasteiger partial charge on any atom is 0.275 e. The van der Waals surface area contributed by atoms with Crippen LogP contribution >= 0.6 is 31.9 Å². The van der Waals surface area contributed by atoms with E-state index in [1.807, 2.05) is 30.9 Å². The smallest absolute Gasteiger partial charge is 0.275 e. The van der Waals surface area contributed by atoms with E-state index in [0.29, 0.717) is 48.2 Å². The molecule has 1 aliphatic heterocycles. The van der Waals surface area contributed by atoms with Crippen LogP contribution in [-0.4, -0.2) is 46.4 Å². The third kappa shape index (κ3) is 6.04. The van der Waals surface area contributed by atoms with Gasteiger partial charge in [-0.25, -0.2) is 0 Å². The van der Waals surface area contributed by atoms with E-state index in [0.717, 1.165) is 21.3 Å². The summed E-state index contributed by atoms with van der Waals surface area (Å²) in [6.07, 6.45) is 0. The standard InChI is InChI=1S/C22H23Br2N7O2/c1-13-3-4-14(2)18(9-13)26-20-27-21(29-22(28-20)31-5-7-33-8-6-31)30-25-12-15-10-16(23)11-17(24)19(15)32/h3-4,9-11,32H,5-8,12H2,1-2H3,(H,26,27,28,29). The fraction of sp³-hybridized carbons (Fsp3) is 0.318. The summed E-state index contributed by atoms with van der Waals surface area (Å²) in [6, 6.07) is 9.71. The summed E-state index contributed by atoms with van der Waals surface area (Å²) >= 11 is 6.75. The number of benzene rings is 2. The third-order valence-corrected chi connectivity index (χ3v) is 6.12. The number of aromatic hydroxyl groups is 1. The number of nitrogens with zero attached hydrogens (tertiary/aromatic N) is 6. The number of phenolic OH excluding ortho intramolecular Hbond substituents is 1. The monoisotopic (exact) mass is 575 g/mol. The van der Waals surface area contributed by atoms with Crippen LogP contribution in [0.1, 0.15) is 16.7 Å². The van der Waals surface area contributed by atoms with Gasteiger partial charge in [0.15, 0.2) is 0 Å². The average Bonchev–Trinajstić information content (AvgIpc) is 2.80. The molecule has 3 aromatic rings. The van der Waals surface area contributed by atoms with Crippen molar-refractivity contribution < 1.29 is 9.84 Å². The van der Waals surface area contributed by atoms with Gasteiger partial charge in [-0.2, -0.15) is 20.1 Å². The number of nitrogens with one attached hydrogen (secondary N) is 1. The summed E-state index contributed by atoms with van der Waals surface area (Å²) < 4.78 is 6.86. The number of morpholine rings is 1. The topological polar surface area (TPSA) is 108 Å². The van der Waals surface area contributed by atoms with Crippen LogP contribution in [0.15, 0.2) is 49.5 Å². The molecule has 0 amide bonds. The molecule has 0 aliphatic carbocycles. The number of azo groups is 1. The molecule has 0 atom stereocenters. The predicted octanol–water partition coefficient (Wildman–Crippen LogP) is 5.58. The first-order chi connectivity index (χ1) is 15.9. The molecule has 2 aromatic carbocycles. The lowest BCUT2D eigenvalue weighted by Gasteiger charge is -2.26. The number of halogens is 2. The van der Waals surface area contributed by atoms with Gasteiger partial charge in [0.05, 0.1) is 24.2 Å². The average molecular weight is 577 g/mol. The molecule has 0 saturated carbocycles. The number of aryl methyl sites for hydroxylation is 2. The van der Waals surface area contributed by atoms with E-state index in [-0.39, 0.29) is 18.2 Å². The highest BCUT2D eigenvalue weighted by Crippen LogP contribution is 2.32. The van der Waals surface area contributed by atoms with Gasteiger partial charge in [-0.1, -0.05) is 28.1 Å². The van der Waals surface area contributed by atoms with Gasteiger partial charge in [0.2, 0.25) is 11.9 Å². The Hall–Kier alpha value is -2.63. The highest BCUT2D eigenvalue weighted by Gasteiger charge is 2.17. The molecule has 1 saturated heterocycles. The lowest BCUT2D eigenvalue weighted by molar-refractivity contribution is 0.122. The van der Waals surface area contributed by atoms with E-state index < -0.39 is 0 Å². The minimum absolute atomic E-state index is 0.124. The highest BCUT2D eigenvalue weighted by atomic mass is 79.9. The van der Waals surface area contributed by atoms with Crippen LogP contribution in [-0.2, 0) is 11.3 Å². The number of anilines is 3. The second-order valence-electron chi connectivity index (χ2n) is 7.60. The number of ether oxygens (including phenoxy) is 1. The van der Waals surface area contributed by atoms with Gasteiger partial charge in [0.1, 0.15) is 5.75 Å². The summed E-state index contributed by atoms with van der Waals surface area (Å²) in [5.74, 6) is 1.22.